The second-order valence-corrected chi connectivity index (χ2v) is 5.68. The van der Waals surface area contributed by atoms with Gasteiger partial charge in [0.05, 0.1) is 0 Å². The summed E-state index contributed by atoms with van der Waals surface area (Å²) in [6, 6.07) is 0. The molecule has 3 atom stereocenters. The molecule has 1 heteroatoms. The molecule has 1 nitrogen and oxygen atoms in total. The van der Waals surface area contributed by atoms with Gasteiger partial charge in [-0.2, -0.15) is 0 Å². The van der Waals surface area contributed by atoms with Gasteiger partial charge in [0.25, 0.3) is 0 Å². The maximum absolute atomic E-state index is 11.5. The van der Waals surface area contributed by atoms with Crippen LogP contribution < -0.4 is 0 Å². The summed E-state index contributed by atoms with van der Waals surface area (Å²) >= 11 is 0. The van der Waals surface area contributed by atoms with E-state index in [4.69, 9.17) is 0 Å². The van der Waals surface area contributed by atoms with Crippen molar-refractivity contribution in [2.24, 2.45) is 17.3 Å². The van der Waals surface area contributed by atoms with Gasteiger partial charge in [-0.05, 0) is 50.4 Å². The minimum atomic E-state index is 0.326. The van der Waals surface area contributed by atoms with E-state index >= 15 is 0 Å². The summed E-state index contributed by atoms with van der Waals surface area (Å²) in [5.74, 6) is 1.47. The largest absolute Gasteiger partial charge is 0.300 e. The lowest BCUT2D eigenvalue weighted by molar-refractivity contribution is -0.122. The Kier molecular flexibility index (Phi) is 2.74. The summed E-state index contributed by atoms with van der Waals surface area (Å²) in [6.07, 6.45) is 8.32. The van der Waals surface area contributed by atoms with Gasteiger partial charge in [-0.3, -0.25) is 4.79 Å². The second-order valence-electron chi connectivity index (χ2n) is 5.68. The summed E-state index contributed by atoms with van der Waals surface area (Å²) in [5.41, 5.74) is 1.96. The molecular weight excluding hydrogens is 184 g/mol. The van der Waals surface area contributed by atoms with Gasteiger partial charge in [0, 0.05) is 5.92 Å². The molecule has 0 aromatic carbocycles. The first-order chi connectivity index (χ1) is 7.04. The fourth-order valence-electron chi connectivity index (χ4n) is 3.39. The highest BCUT2D eigenvalue weighted by Crippen LogP contribution is 2.52. The lowest BCUT2D eigenvalue weighted by Gasteiger charge is -2.46. The first-order valence-corrected chi connectivity index (χ1v) is 6.24. The molecule has 15 heavy (non-hydrogen) atoms. The standard InChI is InChI=1S/C14H22O/c1-10-5-4-6-13-8-7-12(11(2)15)9-14(10,13)3/h6,10,12H,4-5,7-9H2,1-3H3. The average molecular weight is 206 g/mol. The van der Waals surface area contributed by atoms with E-state index in [-0.39, 0.29) is 0 Å². The van der Waals surface area contributed by atoms with E-state index in [9.17, 15) is 4.79 Å². The Labute approximate surface area is 92.9 Å². The van der Waals surface area contributed by atoms with Crippen LogP contribution in [0.4, 0.5) is 0 Å². The number of carbonyl (C=O) groups excluding carboxylic acids is 1. The molecule has 0 spiro atoms. The van der Waals surface area contributed by atoms with Crippen molar-refractivity contribution in [2.75, 3.05) is 0 Å². The van der Waals surface area contributed by atoms with Crippen LogP contribution in [0.25, 0.3) is 0 Å². The van der Waals surface area contributed by atoms with E-state index in [2.05, 4.69) is 19.9 Å². The number of fused-ring (bicyclic) bond motifs is 1. The number of Topliss-reactive ketones (excluding diaryl/α,β-unsaturated/α-hetero) is 1. The maximum Gasteiger partial charge on any atom is 0.132 e. The summed E-state index contributed by atoms with van der Waals surface area (Å²) in [7, 11) is 0. The third-order valence-corrected chi connectivity index (χ3v) is 4.82. The van der Waals surface area contributed by atoms with Gasteiger partial charge in [-0.15, -0.1) is 0 Å². The average Bonchev–Trinajstić information content (AvgIpc) is 2.19. The van der Waals surface area contributed by atoms with Gasteiger partial charge in [-0.25, -0.2) is 0 Å². The van der Waals surface area contributed by atoms with Gasteiger partial charge in [0.15, 0.2) is 0 Å². The smallest absolute Gasteiger partial charge is 0.132 e. The van der Waals surface area contributed by atoms with Crippen molar-refractivity contribution in [2.45, 2.75) is 52.9 Å². The van der Waals surface area contributed by atoms with E-state index in [0.29, 0.717) is 17.1 Å². The van der Waals surface area contributed by atoms with Crippen molar-refractivity contribution >= 4 is 5.78 Å². The Hall–Kier alpha value is -0.590. The van der Waals surface area contributed by atoms with Gasteiger partial charge < -0.3 is 0 Å². The highest BCUT2D eigenvalue weighted by Gasteiger charge is 2.42. The molecule has 2 rings (SSSR count). The van der Waals surface area contributed by atoms with E-state index in [0.717, 1.165) is 25.2 Å². The Morgan fingerprint density at radius 3 is 2.87 bits per heavy atom. The maximum atomic E-state index is 11.5. The zero-order valence-corrected chi connectivity index (χ0v) is 10.2. The van der Waals surface area contributed by atoms with Crippen molar-refractivity contribution < 1.29 is 4.79 Å². The minimum Gasteiger partial charge on any atom is -0.300 e. The predicted octanol–water partition coefficient (Wildman–Crippen LogP) is 3.74. The highest BCUT2D eigenvalue weighted by atomic mass is 16.1. The molecule has 0 aromatic rings. The Balaban J connectivity index is 2.24. The van der Waals surface area contributed by atoms with Crippen molar-refractivity contribution in [1.29, 1.82) is 0 Å². The lowest BCUT2D eigenvalue weighted by atomic mass is 9.58. The summed E-state index contributed by atoms with van der Waals surface area (Å²) < 4.78 is 0. The molecule has 0 aromatic heterocycles. The molecule has 0 saturated heterocycles. The number of ketones is 1. The minimum absolute atomic E-state index is 0.326. The molecule has 3 unspecified atom stereocenters. The number of allylic oxidation sites excluding steroid dienone is 2. The predicted molar refractivity (Wildman–Crippen MR) is 62.6 cm³/mol. The van der Waals surface area contributed by atoms with Crippen LogP contribution in [-0.2, 0) is 4.79 Å². The summed E-state index contributed by atoms with van der Waals surface area (Å²) in [4.78, 5) is 11.5. The van der Waals surface area contributed by atoms with E-state index < -0.39 is 0 Å². The third kappa shape index (κ3) is 1.77. The molecule has 0 N–H and O–H groups in total. The molecule has 0 amide bonds. The van der Waals surface area contributed by atoms with Crippen molar-refractivity contribution in [1.82, 2.24) is 0 Å². The Bertz CT molecular complexity index is 302. The topological polar surface area (TPSA) is 17.1 Å². The van der Waals surface area contributed by atoms with Crippen molar-refractivity contribution in [3.8, 4) is 0 Å². The normalized spacial score (nSPS) is 40.6. The van der Waals surface area contributed by atoms with Gasteiger partial charge in [-0.1, -0.05) is 25.5 Å². The molecule has 0 heterocycles. The third-order valence-electron chi connectivity index (χ3n) is 4.82. The SMILES string of the molecule is CC(=O)C1CCC2=CCCC(C)C2(C)C1. The number of hydrogen-bond donors (Lipinski definition) is 0. The summed E-state index contributed by atoms with van der Waals surface area (Å²) in [6.45, 7) is 6.49. The van der Waals surface area contributed by atoms with E-state index in [1.165, 1.54) is 12.8 Å². The molecule has 2 aliphatic rings. The highest BCUT2D eigenvalue weighted by molar-refractivity contribution is 5.78. The fourth-order valence-corrected chi connectivity index (χ4v) is 3.39. The lowest BCUT2D eigenvalue weighted by Crippen LogP contribution is -2.37. The molecule has 84 valence electrons. The molecule has 2 aliphatic carbocycles. The monoisotopic (exact) mass is 206 g/mol. The van der Waals surface area contributed by atoms with Crippen LogP contribution in [0.3, 0.4) is 0 Å². The number of rotatable bonds is 1. The fraction of sp³-hybridized carbons (Fsp3) is 0.786. The Morgan fingerprint density at radius 1 is 1.47 bits per heavy atom. The summed E-state index contributed by atoms with van der Waals surface area (Å²) in [5, 5.41) is 0. The first kappa shape index (κ1) is 10.9. The van der Waals surface area contributed by atoms with Gasteiger partial charge in [0.2, 0.25) is 0 Å². The van der Waals surface area contributed by atoms with Crippen LogP contribution in [0.15, 0.2) is 11.6 Å². The van der Waals surface area contributed by atoms with Crippen LogP contribution >= 0.6 is 0 Å². The number of hydrogen-bond acceptors (Lipinski definition) is 1. The quantitative estimate of drug-likeness (QED) is 0.597. The first-order valence-electron chi connectivity index (χ1n) is 6.24. The Morgan fingerprint density at radius 2 is 2.20 bits per heavy atom. The second kappa shape index (κ2) is 3.77. The molecule has 1 fully saturated rings. The van der Waals surface area contributed by atoms with E-state index in [1.54, 1.807) is 12.5 Å². The van der Waals surface area contributed by atoms with Crippen LogP contribution in [0, 0.1) is 17.3 Å². The van der Waals surface area contributed by atoms with E-state index in [1.807, 2.05) is 0 Å². The molecule has 0 aliphatic heterocycles. The zero-order chi connectivity index (χ0) is 11.1. The molecule has 0 bridgehead atoms. The molecule has 1 saturated carbocycles. The van der Waals surface area contributed by atoms with Crippen molar-refractivity contribution in [3.63, 3.8) is 0 Å². The number of carbonyl (C=O) groups is 1. The molecule has 0 radical (unpaired) electrons. The van der Waals surface area contributed by atoms with Crippen LogP contribution in [-0.4, -0.2) is 5.78 Å². The van der Waals surface area contributed by atoms with Crippen LogP contribution in [0.5, 0.6) is 0 Å². The van der Waals surface area contributed by atoms with Crippen LogP contribution in [0.1, 0.15) is 52.9 Å². The van der Waals surface area contributed by atoms with Crippen LogP contribution in [0.2, 0.25) is 0 Å². The molecular formula is C14H22O. The van der Waals surface area contributed by atoms with Gasteiger partial charge >= 0.3 is 0 Å². The van der Waals surface area contributed by atoms with Crippen molar-refractivity contribution in [3.05, 3.63) is 11.6 Å². The van der Waals surface area contributed by atoms with Gasteiger partial charge in [0.1, 0.15) is 5.78 Å². The zero-order valence-electron chi connectivity index (χ0n) is 10.2.